The number of hydrogen-bond acceptors (Lipinski definition) is 8. The predicted octanol–water partition coefficient (Wildman–Crippen LogP) is -0.385. The zero-order valence-electron chi connectivity index (χ0n) is 17.0. The Labute approximate surface area is 179 Å². The molecule has 31 heavy (non-hydrogen) atoms. The number of imidazole rings is 1. The lowest BCUT2D eigenvalue weighted by Crippen LogP contribution is -2.32. The molecule has 1 heterocycles. The van der Waals surface area contributed by atoms with Gasteiger partial charge >= 0.3 is 5.97 Å². The van der Waals surface area contributed by atoms with Crippen LogP contribution in [-0.2, 0) is 41.4 Å². The molecular formula is C17H23N5O7S2. The van der Waals surface area contributed by atoms with Gasteiger partial charge in [0, 0.05) is 25.5 Å². The summed E-state index contributed by atoms with van der Waals surface area (Å²) in [5, 5.41) is 7.30. The molecular weight excluding hydrogens is 450 g/mol. The summed E-state index contributed by atoms with van der Waals surface area (Å²) in [6.07, 6.45) is -0.121. The normalized spacial score (nSPS) is 12.9. The highest BCUT2D eigenvalue weighted by Crippen LogP contribution is 2.13. The van der Waals surface area contributed by atoms with Crippen LogP contribution in [0, 0.1) is 6.92 Å². The smallest absolute Gasteiger partial charge is 0.307 e. The summed E-state index contributed by atoms with van der Waals surface area (Å²) in [5.41, 5.74) is 0.277. The Morgan fingerprint density at radius 1 is 1.19 bits per heavy atom. The zero-order chi connectivity index (χ0) is 23.4. The molecule has 0 aliphatic carbocycles. The van der Waals surface area contributed by atoms with Crippen molar-refractivity contribution in [3.8, 4) is 0 Å². The highest BCUT2D eigenvalue weighted by atomic mass is 32.2. The van der Waals surface area contributed by atoms with Gasteiger partial charge in [-0.05, 0) is 38.1 Å². The molecule has 1 atom stereocenters. The molecule has 4 N–H and O–H groups in total. The third-order valence-corrected chi connectivity index (χ3v) is 6.37. The number of sulfonamides is 2. The second-order valence-electron chi connectivity index (χ2n) is 6.58. The number of nitrogens with two attached hydrogens (primary N) is 1. The van der Waals surface area contributed by atoms with Crippen LogP contribution in [0.5, 0.6) is 0 Å². The largest absolute Gasteiger partial charge is 0.452 e. The van der Waals surface area contributed by atoms with Gasteiger partial charge in [0.25, 0.3) is 15.9 Å². The monoisotopic (exact) mass is 473 g/mol. The van der Waals surface area contributed by atoms with Crippen LogP contribution < -0.4 is 15.2 Å². The summed E-state index contributed by atoms with van der Waals surface area (Å²) >= 11 is 0. The first-order valence-corrected chi connectivity index (χ1v) is 12.0. The van der Waals surface area contributed by atoms with E-state index in [4.69, 9.17) is 9.88 Å². The minimum Gasteiger partial charge on any atom is -0.452 e. The van der Waals surface area contributed by atoms with Crippen LogP contribution in [-0.4, -0.2) is 50.9 Å². The van der Waals surface area contributed by atoms with Crippen molar-refractivity contribution >= 4 is 37.6 Å². The van der Waals surface area contributed by atoms with E-state index in [1.54, 1.807) is 18.5 Å². The zero-order valence-corrected chi connectivity index (χ0v) is 18.7. The van der Waals surface area contributed by atoms with Gasteiger partial charge in [0.15, 0.2) is 11.1 Å². The van der Waals surface area contributed by atoms with Crippen molar-refractivity contribution in [1.82, 2.24) is 14.3 Å². The molecule has 0 saturated heterocycles. The van der Waals surface area contributed by atoms with E-state index < -0.39 is 38.0 Å². The fourth-order valence-corrected chi connectivity index (χ4v) is 3.88. The molecule has 1 unspecified atom stereocenters. The molecule has 0 saturated carbocycles. The molecule has 0 aliphatic heterocycles. The SMILES string of the molecule is Cc1nc(S(=O)(=O)NCCC(=O)OC(C)C(=O)Nc2ccc(S(N)(=O)=O)cc2)cn1C. The number of carbonyl (C=O) groups excluding carboxylic acids is 2. The van der Waals surface area contributed by atoms with Gasteiger partial charge in [-0.2, -0.15) is 0 Å². The van der Waals surface area contributed by atoms with Crippen molar-refractivity contribution in [3.63, 3.8) is 0 Å². The molecule has 2 rings (SSSR count). The van der Waals surface area contributed by atoms with Gasteiger partial charge < -0.3 is 14.6 Å². The summed E-state index contributed by atoms with van der Waals surface area (Å²) < 4.78 is 55.5. The molecule has 12 nitrogen and oxygen atoms in total. The molecule has 0 radical (unpaired) electrons. The van der Waals surface area contributed by atoms with E-state index in [1.807, 2.05) is 0 Å². The lowest BCUT2D eigenvalue weighted by molar-refractivity contribution is -0.152. The van der Waals surface area contributed by atoms with Crippen molar-refractivity contribution in [2.45, 2.75) is 36.3 Å². The summed E-state index contributed by atoms with van der Waals surface area (Å²) in [5.74, 6) is -0.924. The Balaban J connectivity index is 1.82. The number of hydrogen-bond donors (Lipinski definition) is 3. The number of benzene rings is 1. The highest BCUT2D eigenvalue weighted by molar-refractivity contribution is 7.89. The van der Waals surface area contributed by atoms with Crippen molar-refractivity contribution in [3.05, 3.63) is 36.3 Å². The molecule has 1 aromatic carbocycles. The van der Waals surface area contributed by atoms with E-state index in [-0.39, 0.29) is 28.6 Å². The number of amides is 1. The van der Waals surface area contributed by atoms with E-state index in [0.29, 0.717) is 5.82 Å². The van der Waals surface area contributed by atoms with Crippen LogP contribution in [0.1, 0.15) is 19.2 Å². The molecule has 1 amide bonds. The number of nitrogens with zero attached hydrogens (tertiary/aromatic N) is 2. The number of aromatic nitrogens is 2. The molecule has 14 heteroatoms. The second-order valence-corrected chi connectivity index (χ2v) is 9.85. The van der Waals surface area contributed by atoms with E-state index in [1.165, 1.54) is 37.4 Å². The number of aryl methyl sites for hydroxylation is 2. The lowest BCUT2D eigenvalue weighted by Gasteiger charge is -2.14. The maximum Gasteiger partial charge on any atom is 0.307 e. The summed E-state index contributed by atoms with van der Waals surface area (Å²) in [7, 11) is -6.08. The van der Waals surface area contributed by atoms with Crippen LogP contribution in [0.2, 0.25) is 0 Å². The first-order valence-electron chi connectivity index (χ1n) is 8.92. The highest BCUT2D eigenvalue weighted by Gasteiger charge is 2.21. The Morgan fingerprint density at radius 3 is 2.32 bits per heavy atom. The molecule has 0 aliphatic rings. The Hall–Kier alpha value is -2.81. The number of carbonyl (C=O) groups is 2. The Kier molecular flexibility index (Phi) is 7.54. The van der Waals surface area contributed by atoms with Gasteiger partial charge in [0.05, 0.1) is 11.3 Å². The molecule has 0 spiro atoms. The molecule has 0 fully saturated rings. The Morgan fingerprint density at radius 2 is 1.81 bits per heavy atom. The van der Waals surface area contributed by atoms with Gasteiger partial charge in [0.1, 0.15) is 5.82 Å². The van der Waals surface area contributed by atoms with Gasteiger partial charge in [-0.3, -0.25) is 9.59 Å². The number of esters is 1. The van der Waals surface area contributed by atoms with Crippen molar-refractivity contribution in [2.75, 3.05) is 11.9 Å². The number of nitrogens with one attached hydrogen (secondary N) is 2. The van der Waals surface area contributed by atoms with E-state index in [2.05, 4.69) is 15.0 Å². The fraction of sp³-hybridized carbons (Fsp3) is 0.353. The van der Waals surface area contributed by atoms with Gasteiger partial charge in [-0.25, -0.2) is 31.7 Å². The number of ether oxygens (including phenoxy) is 1. The molecule has 0 bridgehead atoms. The van der Waals surface area contributed by atoms with Gasteiger partial charge in [-0.1, -0.05) is 0 Å². The quantitative estimate of drug-likeness (QED) is 0.412. The van der Waals surface area contributed by atoms with Crippen LogP contribution in [0.3, 0.4) is 0 Å². The summed E-state index contributed by atoms with van der Waals surface area (Å²) in [6, 6.07) is 5.11. The van der Waals surface area contributed by atoms with Gasteiger partial charge in [0.2, 0.25) is 10.0 Å². The lowest BCUT2D eigenvalue weighted by atomic mass is 10.3. The van der Waals surface area contributed by atoms with E-state index in [0.717, 1.165) is 0 Å². The van der Waals surface area contributed by atoms with Crippen LogP contribution >= 0.6 is 0 Å². The minimum atomic E-state index is -3.88. The molecule has 170 valence electrons. The first-order chi connectivity index (χ1) is 14.3. The maximum absolute atomic E-state index is 12.2. The van der Waals surface area contributed by atoms with Crippen LogP contribution in [0.25, 0.3) is 0 Å². The number of primary sulfonamides is 1. The summed E-state index contributed by atoms with van der Waals surface area (Å²) in [6.45, 7) is 2.75. The van der Waals surface area contributed by atoms with Gasteiger partial charge in [-0.15, -0.1) is 0 Å². The standard InChI is InChI=1S/C17H23N5O7S2/c1-11(17(24)21-13-4-6-14(7-5-13)30(18,25)26)29-16(23)8-9-19-31(27,28)15-10-22(3)12(2)20-15/h4-7,10-11,19H,8-9H2,1-3H3,(H,21,24)(H2,18,25,26). The minimum absolute atomic E-state index is 0.117. The average molecular weight is 474 g/mol. The number of anilines is 1. The third-order valence-electron chi connectivity index (χ3n) is 4.11. The molecule has 1 aromatic heterocycles. The van der Waals surface area contributed by atoms with Crippen LogP contribution in [0.15, 0.2) is 40.4 Å². The second kappa shape index (κ2) is 9.55. The van der Waals surface area contributed by atoms with Crippen molar-refractivity contribution < 1.29 is 31.2 Å². The predicted molar refractivity (Wildman–Crippen MR) is 110 cm³/mol. The van der Waals surface area contributed by atoms with Crippen LogP contribution in [0.4, 0.5) is 5.69 Å². The van der Waals surface area contributed by atoms with Crippen molar-refractivity contribution in [1.29, 1.82) is 0 Å². The summed E-state index contributed by atoms with van der Waals surface area (Å²) in [4.78, 5) is 27.8. The average Bonchev–Trinajstić information content (AvgIpc) is 3.01. The Bertz CT molecular complexity index is 1150. The topological polar surface area (TPSA) is 180 Å². The first kappa shape index (κ1) is 24.5. The third kappa shape index (κ3) is 6.85. The maximum atomic E-state index is 12.2. The fourth-order valence-electron chi connectivity index (χ4n) is 2.30. The van der Waals surface area contributed by atoms with E-state index in [9.17, 15) is 26.4 Å². The molecule has 2 aromatic rings. The van der Waals surface area contributed by atoms with E-state index >= 15 is 0 Å². The van der Waals surface area contributed by atoms with Crippen molar-refractivity contribution in [2.24, 2.45) is 12.2 Å². The number of rotatable bonds is 9.